The molecule has 0 amide bonds. The number of halogens is 4. The van der Waals surface area contributed by atoms with Crippen LogP contribution in [0.5, 0.6) is 11.5 Å². The number of hydrogen-bond acceptors (Lipinski definition) is 2. The van der Waals surface area contributed by atoms with E-state index < -0.39 is 0 Å². The lowest BCUT2D eigenvalue weighted by atomic mass is 9.91. The minimum absolute atomic E-state index is 0.172. The normalized spacial score (nSPS) is 17.5. The Balaban J connectivity index is 1.52. The van der Waals surface area contributed by atoms with Crippen LogP contribution in [-0.4, -0.2) is 6.61 Å². The van der Waals surface area contributed by atoms with E-state index in [0.29, 0.717) is 18.1 Å². The summed E-state index contributed by atoms with van der Waals surface area (Å²) in [5, 5.41) is 0.786. The molecule has 8 rings (SSSR count). The topological polar surface area (TPSA) is 18.5 Å². The zero-order valence-electron chi connectivity index (χ0n) is 16.0. The van der Waals surface area contributed by atoms with Crippen LogP contribution >= 0.6 is 46.4 Å². The van der Waals surface area contributed by atoms with Gasteiger partial charge in [0.05, 0.1) is 10.0 Å². The Labute approximate surface area is 195 Å². The molecule has 5 aliphatic rings. The zero-order valence-corrected chi connectivity index (χ0v) is 19.0. The van der Waals surface area contributed by atoms with Crippen LogP contribution in [0.3, 0.4) is 0 Å². The second-order valence-electron chi connectivity index (χ2n) is 7.68. The predicted octanol–water partition coefficient (Wildman–Crippen LogP) is 7.70. The third-order valence-electron chi connectivity index (χ3n) is 5.79. The van der Waals surface area contributed by atoms with Crippen LogP contribution in [0.4, 0.5) is 0 Å². The van der Waals surface area contributed by atoms with E-state index in [1.165, 1.54) is 22.3 Å². The minimum Gasteiger partial charge on any atom is -0.484 e. The molecule has 0 fully saturated rings. The van der Waals surface area contributed by atoms with Crippen molar-refractivity contribution >= 4 is 46.4 Å². The number of hydrogen-bond donors (Lipinski definition) is 0. The number of ether oxygens (including phenoxy) is 2. The monoisotopic (exact) mass is 478 g/mol. The van der Waals surface area contributed by atoms with Crippen molar-refractivity contribution in [3.05, 3.63) is 90.4 Å². The molecule has 0 N–H and O–H groups in total. The summed E-state index contributed by atoms with van der Waals surface area (Å²) in [5.41, 5.74) is 6.31. The van der Waals surface area contributed by atoms with Gasteiger partial charge in [0, 0.05) is 0 Å². The van der Waals surface area contributed by atoms with Crippen molar-refractivity contribution in [2.24, 2.45) is 0 Å². The standard InChI is InChI=1S/C24H18Cl4O2/c25-19-20(26)22(28)24-23(21(19)27)29-12-18(30-24)17-11-15-6-5-13-1-3-14(4-2-13)7-9-16(17)10-8-15/h1-4,8,10-11,18H,5-7,9,12H2. The lowest BCUT2D eigenvalue weighted by Crippen LogP contribution is -2.24. The largest absolute Gasteiger partial charge is 0.484 e. The van der Waals surface area contributed by atoms with Gasteiger partial charge in [-0.25, -0.2) is 0 Å². The molecule has 4 bridgehead atoms. The summed E-state index contributed by atoms with van der Waals surface area (Å²) in [5.74, 6) is 0.693. The maximum absolute atomic E-state index is 6.41. The molecule has 2 nitrogen and oxygen atoms in total. The Hall–Kier alpha value is -1.58. The molecule has 0 saturated heterocycles. The summed E-state index contributed by atoms with van der Waals surface area (Å²) >= 11 is 25.1. The quantitative estimate of drug-likeness (QED) is 0.263. The fourth-order valence-electron chi connectivity index (χ4n) is 4.08. The highest BCUT2D eigenvalue weighted by atomic mass is 35.5. The Morgan fingerprint density at radius 3 is 1.90 bits per heavy atom. The highest BCUT2D eigenvalue weighted by Gasteiger charge is 2.31. The highest BCUT2D eigenvalue weighted by Crippen LogP contribution is 2.53. The van der Waals surface area contributed by atoms with E-state index in [0.717, 1.165) is 31.2 Å². The summed E-state index contributed by atoms with van der Waals surface area (Å²) in [6, 6.07) is 15.6. The second-order valence-corrected chi connectivity index (χ2v) is 9.19. The molecule has 3 aromatic carbocycles. The molecule has 0 spiro atoms. The van der Waals surface area contributed by atoms with E-state index in [2.05, 4.69) is 42.5 Å². The van der Waals surface area contributed by atoms with Gasteiger partial charge in [0.15, 0.2) is 17.6 Å². The van der Waals surface area contributed by atoms with Gasteiger partial charge >= 0.3 is 0 Å². The molecule has 1 heterocycles. The summed E-state index contributed by atoms with van der Waals surface area (Å²) in [6.07, 6.45) is 3.54. The van der Waals surface area contributed by atoms with Crippen LogP contribution in [-0.2, 0) is 25.7 Å². The van der Waals surface area contributed by atoms with Crippen LogP contribution in [0.2, 0.25) is 20.1 Å². The van der Waals surface area contributed by atoms with Crippen molar-refractivity contribution in [3.63, 3.8) is 0 Å². The van der Waals surface area contributed by atoms with Gasteiger partial charge in [-0.2, -0.15) is 0 Å². The van der Waals surface area contributed by atoms with E-state index in [1.54, 1.807) is 0 Å². The first-order valence-corrected chi connectivity index (χ1v) is 11.4. The molecule has 1 unspecified atom stereocenters. The summed E-state index contributed by atoms with van der Waals surface area (Å²) in [6.45, 7) is 0.325. The van der Waals surface area contributed by atoms with E-state index in [-0.39, 0.29) is 26.2 Å². The third kappa shape index (κ3) is 3.65. The first kappa shape index (κ1) is 20.3. The van der Waals surface area contributed by atoms with Crippen molar-refractivity contribution in [2.45, 2.75) is 31.8 Å². The van der Waals surface area contributed by atoms with E-state index >= 15 is 0 Å². The number of benzene rings is 3. The second kappa shape index (κ2) is 8.16. The lowest BCUT2D eigenvalue weighted by Gasteiger charge is -2.30. The Kier molecular flexibility index (Phi) is 5.53. The molecule has 3 aromatic rings. The molecule has 1 atom stereocenters. The van der Waals surface area contributed by atoms with Crippen molar-refractivity contribution in [1.29, 1.82) is 0 Å². The Bertz CT molecular complexity index is 1130. The molecule has 30 heavy (non-hydrogen) atoms. The van der Waals surface area contributed by atoms with Crippen LogP contribution in [0, 0.1) is 0 Å². The molecule has 6 heteroatoms. The van der Waals surface area contributed by atoms with Gasteiger partial charge in [-0.05, 0) is 53.5 Å². The first-order valence-electron chi connectivity index (χ1n) is 9.86. The highest BCUT2D eigenvalue weighted by molar-refractivity contribution is 6.53. The van der Waals surface area contributed by atoms with E-state index in [4.69, 9.17) is 55.9 Å². The maximum atomic E-state index is 6.41. The molecule has 0 radical (unpaired) electrons. The van der Waals surface area contributed by atoms with Gasteiger partial charge in [-0.3, -0.25) is 0 Å². The maximum Gasteiger partial charge on any atom is 0.184 e. The summed E-state index contributed by atoms with van der Waals surface area (Å²) in [4.78, 5) is 0. The molecule has 0 aromatic heterocycles. The van der Waals surface area contributed by atoms with Crippen molar-refractivity contribution in [1.82, 2.24) is 0 Å². The van der Waals surface area contributed by atoms with Crippen molar-refractivity contribution < 1.29 is 9.47 Å². The summed E-state index contributed by atoms with van der Waals surface area (Å²) in [7, 11) is 0. The lowest BCUT2D eigenvalue weighted by molar-refractivity contribution is 0.0908. The van der Waals surface area contributed by atoms with Crippen molar-refractivity contribution in [3.8, 4) is 11.5 Å². The average molecular weight is 480 g/mol. The fourth-order valence-corrected chi connectivity index (χ4v) is 5.00. The number of aryl methyl sites for hydroxylation is 4. The molecule has 1 aliphatic heterocycles. The average Bonchev–Trinajstić information content (AvgIpc) is 2.77. The Morgan fingerprint density at radius 2 is 1.20 bits per heavy atom. The van der Waals surface area contributed by atoms with Gasteiger partial charge in [0.2, 0.25) is 0 Å². The third-order valence-corrected chi connectivity index (χ3v) is 7.56. The smallest absolute Gasteiger partial charge is 0.184 e. The first-order chi connectivity index (χ1) is 14.5. The van der Waals surface area contributed by atoms with Crippen LogP contribution in [0.15, 0.2) is 42.5 Å². The van der Waals surface area contributed by atoms with E-state index in [9.17, 15) is 0 Å². The molecule has 4 aliphatic carbocycles. The van der Waals surface area contributed by atoms with Gasteiger partial charge in [0.25, 0.3) is 0 Å². The van der Waals surface area contributed by atoms with E-state index in [1.807, 2.05) is 0 Å². The van der Waals surface area contributed by atoms with Crippen LogP contribution in [0.1, 0.15) is 33.9 Å². The molecular weight excluding hydrogens is 462 g/mol. The number of fused-ring (bicyclic) bond motifs is 1. The van der Waals surface area contributed by atoms with Crippen LogP contribution < -0.4 is 9.47 Å². The molecule has 0 saturated carbocycles. The SMILES string of the molecule is Clc1c(Cl)c(Cl)c2c(c1Cl)OCC(c1cc3ccc1CCc1ccc(cc1)CC3)O2. The van der Waals surface area contributed by atoms with Gasteiger partial charge in [-0.1, -0.05) is 88.9 Å². The fraction of sp³-hybridized carbons (Fsp3) is 0.250. The zero-order chi connectivity index (χ0) is 20.8. The Morgan fingerprint density at radius 1 is 0.633 bits per heavy atom. The minimum atomic E-state index is -0.304. The molecule has 154 valence electrons. The summed E-state index contributed by atoms with van der Waals surface area (Å²) < 4.78 is 12.3. The molecular formula is C24H18Cl4O2. The van der Waals surface area contributed by atoms with Crippen LogP contribution in [0.25, 0.3) is 0 Å². The van der Waals surface area contributed by atoms with Gasteiger partial charge in [-0.15, -0.1) is 0 Å². The van der Waals surface area contributed by atoms with Crippen molar-refractivity contribution in [2.75, 3.05) is 6.61 Å². The van der Waals surface area contributed by atoms with Gasteiger partial charge < -0.3 is 9.47 Å². The van der Waals surface area contributed by atoms with Gasteiger partial charge in [0.1, 0.15) is 16.7 Å². The number of rotatable bonds is 1. The predicted molar refractivity (Wildman–Crippen MR) is 123 cm³/mol.